The number of benzene rings is 1. The second kappa shape index (κ2) is 6.73. The zero-order valence-corrected chi connectivity index (χ0v) is 13.4. The first kappa shape index (κ1) is 15.5. The summed E-state index contributed by atoms with van der Waals surface area (Å²) < 4.78 is 2.26. The van der Waals surface area contributed by atoms with Crippen LogP contribution >= 0.6 is 27.5 Å². The maximum Gasteiger partial charge on any atom is 0.313 e. The van der Waals surface area contributed by atoms with Gasteiger partial charge < -0.3 is 10.6 Å². The van der Waals surface area contributed by atoms with Crippen molar-refractivity contribution in [3.05, 3.63) is 45.7 Å². The van der Waals surface area contributed by atoms with Crippen LogP contribution in [0.2, 0.25) is 5.02 Å². The first-order chi connectivity index (χ1) is 9.97. The van der Waals surface area contributed by atoms with Gasteiger partial charge in [0.2, 0.25) is 0 Å². The number of aromatic nitrogens is 2. The standard InChI is InChI=1S/C13H12BrClN4O2/c1-19-9(4-5-17-19)7-16-12(20)13(21)18-8-2-3-11(15)10(14)6-8/h2-6H,7H2,1H3,(H,16,20)(H,18,21). The van der Waals surface area contributed by atoms with Gasteiger partial charge in [0.1, 0.15) is 0 Å². The summed E-state index contributed by atoms with van der Waals surface area (Å²) >= 11 is 9.10. The minimum atomic E-state index is -0.744. The van der Waals surface area contributed by atoms with Crippen LogP contribution in [0.3, 0.4) is 0 Å². The van der Waals surface area contributed by atoms with E-state index in [1.807, 2.05) is 0 Å². The molecule has 6 nitrogen and oxygen atoms in total. The number of hydrogen-bond acceptors (Lipinski definition) is 3. The third kappa shape index (κ3) is 4.05. The molecule has 0 bridgehead atoms. The molecule has 0 saturated heterocycles. The Hall–Kier alpha value is -1.86. The third-order valence-electron chi connectivity index (χ3n) is 2.74. The Balaban J connectivity index is 1.92. The fourth-order valence-electron chi connectivity index (χ4n) is 1.59. The second-order valence-electron chi connectivity index (χ2n) is 4.21. The smallest absolute Gasteiger partial charge is 0.313 e. The van der Waals surface area contributed by atoms with Gasteiger partial charge in [-0.25, -0.2) is 0 Å². The SMILES string of the molecule is Cn1nccc1CNC(=O)C(=O)Nc1ccc(Cl)c(Br)c1. The molecule has 2 aromatic rings. The van der Waals surface area contributed by atoms with E-state index < -0.39 is 11.8 Å². The quantitative estimate of drug-likeness (QED) is 0.811. The highest BCUT2D eigenvalue weighted by Crippen LogP contribution is 2.25. The van der Waals surface area contributed by atoms with Crippen molar-refractivity contribution in [2.75, 3.05) is 5.32 Å². The maximum absolute atomic E-state index is 11.8. The van der Waals surface area contributed by atoms with Gasteiger partial charge in [-0.3, -0.25) is 14.3 Å². The number of anilines is 1. The third-order valence-corrected chi connectivity index (χ3v) is 3.95. The molecule has 110 valence electrons. The van der Waals surface area contributed by atoms with Crippen LogP contribution < -0.4 is 10.6 Å². The molecule has 2 N–H and O–H groups in total. The molecule has 0 atom stereocenters. The van der Waals surface area contributed by atoms with Crippen molar-refractivity contribution in [2.45, 2.75) is 6.54 Å². The largest absolute Gasteiger partial charge is 0.342 e. The summed E-state index contributed by atoms with van der Waals surface area (Å²) in [6, 6.07) is 6.61. The van der Waals surface area contributed by atoms with E-state index in [0.717, 1.165) is 5.69 Å². The second-order valence-corrected chi connectivity index (χ2v) is 5.47. The van der Waals surface area contributed by atoms with Gasteiger partial charge in [0, 0.05) is 23.4 Å². The number of halogens is 2. The highest BCUT2D eigenvalue weighted by molar-refractivity contribution is 9.10. The molecule has 21 heavy (non-hydrogen) atoms. The highest BCUT2D eigenvalue weighted by atomic mass is 79.9. The number of amides is 2. The molecule has 8 heteroatoms. The van der Waals surface area contributed by atoms with Gasteiger partial charge in [-0.1, -0.05) is 11.6 Å². The van der Waals surface area contributed by atoms with E-state index in [2.05, 4.69) is 31.7 Å². The predicted molar refractivity (Wildman–Crippen MR) is 82.8 cm³/mol. The number of nitrogens with one attached hydrogen (secondary N) is 2. The molecule has 2 rings (SSSR count). The van der Waals surface area contributed by atoms with Crippen LogP contribution in [-0.2, 0) is 23.2 Å². The Morgan fingerprint density at radius 3 is 2.71 bits per heavy atom. The first-order valence-corrected chi connectivity index (χ1v) is 7.15. The molecular formula is C13H12BrClN4O2. The number of hydrogen-bond donors (Lipinski definition) is 2. The minimum Gasteiger partial charge on any atom is -0.342 e. The van der Waals surface area contributed by atoms with Crippen molar-refractivity contribution in [1.29, 1.82) is 0 Å². The summed E-state index contributed by atoms with van der Waals surface area (Å²) in [5, 5.41) is 9.51. The van der Waals surface area contributed by atoms with E-state index in [0.29, 0.717) is 15.2 Å². The van der Waals surface area contributed by atoms with Crippen molar-refractivity contribution in [3.8, 4) is 0 Å². The zero-order valence-electron chi connectivity index (χ0n) is 11.1. The summed E-state index contributed by atoms with van der Waals surface area (Å²) in [7, 11) is 1.76. The fraction of sp³-hybridized carbons (Fsp3) is 0.154. The van der Waals surface area contributed by atoms with Crippen LogP contribution in [-0.4, -0.2) is 21.6 Å². The van der Waals surface area contributed by atoms with Crippen LogP contribution in [0.15, 0.2) is 34.9 Å². The molecule has 0 aliphatic rings. The first-order valence-electron chi connectivity index (χ1n) is 5.98. The molecule has 1 heterocycles. The molecule has 1 aromatic carbocycles. The van der Waals surface area contributed by atoms with Gasteiger partial charge in [0.05, 0.1) is 17.3 Å². The summed E-state index contributed by atoms with van der Waals surface area (Å²) in [5.41, 5.74) is 1.28. The summed E-state index contributed by atoms with van der Waals surface area (Å²) in [4.78, 5) is 23.5. The van der Waals surface area contributed by atoms with Crippen molar-refractivity contribution in [2.24, 2.45) is 7.05 Å². The lowest BCUT2D eigenvalue weighted by molar-refractivity contribution is -0.136. The molecule has 0 unspecified atom stereocenters. The van der Waals surface area contributed by atoms with Crippen LogP contribution in [0.4, 0.5) is 5.69 Å². The predicted octanol–water partition coefficient (Wildman–Crippen LogP) is 2.09. The topological polar surface area (TPSA) is 76.0 Å². The van der Waals surface area contributed by atoms with Crippen LogP contribution in [0.25, 0.3) is 0 Å². The molecule has 0 spiro atoms. The van der Waals surface area contributed by atoms with Gasteiger partial charge in [0.15, 0.2) is 0 Å². The van der Waals surface area contributed by atoms with E-state index in [1.165, 1.54) is 0 Å². The number of nitrogens with zero attached hydrogens (tertiary/aromatic N) is 2. The van der Waals surface area contributed by atoms with Crippen LogP contribution in [0.5, 0.6) is 0 Å². The molecule has 0 radical (unpaired) electrons. The molecule has 1 aromatic heterocycles. The Labute approximate surface area is 134 Å². The Kier molecular flexibility index (Phi) is 4.98. The zero-order chi connectivity index (χ0) is 15.4. The van der Waals surface area contributed by atoms with Gasteiger partial charge in [0.25, 0.3) is 0 Å². The average molecular weight is 372 g/mol. The van der Waals surface area contributed by atoms with E-state index >= 15 is 0 Å². The van der Waals surface area contributed by atoms with E-state index in [4.69, 9.17) is 11.6 Å². The minimum absolute atomic E-state index is 0.229. The Morgan fingerprint density at radius 2 is 2.10 bits per heavy atom. The van der Waals surface area contributed by atoms with Crippen molar-refractivity contribution < 1.29 is 9.59 Å². The molecule has 0 saturated carbocycles. The number of carbonyl (C=O) groups excluding carboxylic acids is 2. The molecule has 2 amide bonds. The van der Waals surface area contributed by atoms with Gasteiger partial charge in [-0.05, 0) is 40.2 Å². The van der Waals surface area contributed by atoms with E-state index in [9.17, 15) is 9.59 Å². The number of rotatable bonds is 3. The summed E-state index contributed by atoms with van der Waals surface area (Å²) in [5.74, 6) is -1.46. The summed E-state index contributed by atoms with van der Waals surface area (Å²) in [6.45, 7) is 0.229. The lowest BCUT2D eigenvalue weighted by atomic mass is 10.3. The van der Waals surface area contributed by atoms with Gasteiger partial charge in [-0.15, -0.1) is 0 Å². The lowest BCUT2D eigenvalue weighted by Crippen LogP contribution is -2.35. The van der Waals surface area contributed by atoms with Crippen molar-refractivity contribution in [3.63, 3.8) is 0 Å². The number of aryl methyl sites for hydroxylation is 1. The summed E-state index contributed by atoms with van der Waals surface area (Å²) in [6.07, 6.45) is 1.62. The Bertz CT molecular complexity index is 687. The van der Waals surface area contributed by atoms with E-state index in [-0.39, 0.29) is 6.54 Å². The normalized spacial score (nSPS) is 10.2. The van der Waals surface area contributed by atoms with Crippen LogP contribution in [0.1, 0.15) is 5.69 Å². The molecule has 0 aliphatic carbocycles. The van der Waals surface area contributed by atoms with E-state index in [1.54, 1.807) is 42.2 Å². The fourth-order valence-corrected chi connectivity index (χ4v) is 2.08. The number of carbonyl (C=O) groups is 2. The molecule has 0 fully saturated rings. The molecular weight excluding hydrogens is 360 g/mol. The van der Waals surface area contributed by atoms with Gasteiger partial charge in [-0.2, -0.15) is 5.10 Å². The average Bonchev–Trinajstić information content (AvgIpc) is 2.85. The maximum atomic E-state index is 11.8. The van der Waals surface area contributed by atoms with Gasteiger partial charge >= 0.3 is 11.8 Å². The van der Waals surface area contributed by atoms with Crippen molar-refractivity contribution in [1.82, 2.24) is 15.1 Å². The lowest BCUT2D eigenvalue weighted by Gasteiger charge is -2.07. The molecule has 0 aliphatic heterocycles. The Morgan fingerprint density at radius 1 is 1.33 bits per heavy atom. The highest BCUT2D eigenvalue weighted by Gasteiger charge is 2.14. The van der Waals surface area contributed by atoms with Crippen molar-refractivity contribution >= 4 is 45.0 Å². The monoisotopic (exact) mass is 370 g/mol. The van der Waals surface area contributed by atoms with Crippen LogP contribution in [0, 0.1) is 0 Å².